The highest BCUT2D eigenvalue weighted by Crippen LogP contribution is 2.54. The number of benzene rings is 2. The molecule has 0 radical (unpaired) electrons. The van der Waals surface area contributed by atoms with Crippen molar-refractivity contribution in [1.29, 1.82) is 0 Å². The molecule has 11 heteroatoms. The molecule has 39 heavy (non-hydrogen) atoms. The van der Waals surface area contributed by atoms with Gasteiger partial charge < -0.3 is 36.6 Å². The number of nitrogens with two attached hydrogens (primary N) is 2. The number of methoxy groups -OCH3 is 1. The molecule has 202 valence electrons. The maximum Gasteiger partial charge on any atom is 0.337 e. The molecule has 2 aromatic rings. The van der Waals surface area contributed by atoms with Crippen LogP contribution >= 0.6 is 0 Å². The van der Waals surface area contributed by atoms with E-state index in [4.69, 9.17) is 16.2 Å². The van der Waals surface area contributed by atoms with E-state index in [0.29, 0.717) is 16.7 Å². The number of esters is 1. The number of carbonyl (C=O) groups is 4. The molecule has 0 aliphatic heterocycles. The average Bonchev–Trinajstić information content (AvgIpc) is 2.88. The first-order chi connectivity index (χ1) is 18.3. The van der Waals surface area contributed by atoms with Gasteiger partial charge in [-0.25, -0.2) is 4.79 Å². The molecule has 8 N–H and O–H groups in total. The number of hydrogen-bond donors (Lipinski definition) is 6. The highest BCUT2D eigenvalue weighted by Gasteiger charge is 2.62. The lowest BCUT2D eigenvalue weighted by atomic mass is 9.56. The molecule has 5 rings (SSSR count). The predicted octanol–water partition coefficient (Wildman–Crippen LogP) is 1.71. The largest absolute Gasteiger partial charge is 0.508 e. The summed E-state index contributed by atoms with van der Waals surface area (Å²) in [5.41, 5.74) is 9.40. The van der Waals surface area contributed by atoms with Gasteiger partial charge in [0.05, 0.1) is 18.2 Å². The molecule has 0 aromatic heterocycles. The van der Waals surface area contributed by atoms with Gasteiger partial charge in [0.1, 0.15) is 22.8 Å². The first-order valence-corrected chi connectivity index (χ1v) is 12.1. The van der Waals surface area contributed by atoms with Gasteiger partial charge in [0.15, 0.2) is 11.4 Å². The molecule has 1 saturated carbocycles. The third-order valence-corrected chi connectivity index (χ3v) is 8.10. The molecule has 1 amide bonds. The summed E-state index contributed by atoms with van der Waals surface area (Å²) in [6.45, 7) is 1.43. The zero-order valence-electron chi connectivity index (χ0n) is 21.0. The molecule has 0 unspecified atom stereocenters. The number of aliphatic hydroxyl groups is 3. The summed E-state index contributed by atoms with van der Waals surface area (Å²) in [5, 5.41) is 44.3. The van der Waals surface area contributed by atoms with E-state index in [1.165, 1.54) is 26.2 Å². The van der Waals surface area contributed by atoms with Crippen LogP contribution in [-0.2, 0) is 25.5 Å². The van der Waals surface area contributed by atoms with Crippen molar-refractivity contribution >= 4 is 34.9 Å². The second-order valence-electron chi connectivity index (χ2n) is 10.2. The Hall–Kier alpha value is -4.64. The Labute approximate surface area is 222 Å². The molecular weight excluding hydrogens is 508 g/mol. The second-order valence-corrected chi connectivity index (χ2v) is 10.2. The van der Waals surface area contributed by atoms with Crippen LogP contribution in [0.2, 0.25) is 0 Å². The van der Waals surface area contributed by atoms with Gasteiger partial charge in [-0.1, -0.05) is 13.0 Å². The van der Waals surface area contributed by atoms with Crippen LogP contribution in [0.1, 0.15) is 34.8 Å². The van der Waals surface area contributed by atoms with E-state index in [0.717, 1.165) is 0 Å². The fourth-order valence-corrected chi connectivity index (χ4v) is 6.25. The summed E-state index contributed by atoms with van der Waals surface area (Å²) >= 11 is 0. The Morgan fingerprint density at radius 2 is 1.79 bits per heavy atom. The lowest BCUT2D eigenvalue weighted by Crippen LogP contribution is -2.61. The second kappa shape index (κ2) is 8.70. The standard InChI is InChI=1S/C28H26N2O9/c1-10-17-9-12-8-16-15(11-5-13(27(37)39-2)7-14(29)6-11)3-4-18(31)20(16)23(33)19(12)24(34)28(17,38)25(35)21(22(10)32)26(30)36/h3-7,10,12,17,31,33,35,38H,8-9,29H2,1-2H3,(H2,30,36)/t10-,12-,17-,28-/m0/s1. The Kier molecular flexibility index (Phi) is 5.80. The number of rotatable bonds is 3. The molecule has 3 aliphatic rings. The monoisotopic (exact) mass is 534 g/mol. The minimum Gasteiger partial charge on any atom is -0.508 e. The maximum absolute atomic E-state index is 13.8. The van der Waals surface area contributed by atoms with E-state index in [9.17, 15) is 39.6 Å². The number of phenolic OH excluding ortho intramolecular Hbond substituents is 1. The Morgan fingerprint density at radius 1 is 1.10 bits per heavy atom. The Morgan fingerprint density at radius 3 is 2.44 bits per heavy atom. The normalized spacial score (nSPS) is 26.1. The van der Waals surface area contributed by atoms with Crippen molar-refractivity contribution in [2.75, 3.05) is 12.8 Å². The van der Waals surface area contributed by atoms with E-state index in [1.54, 1.807) is 18.2 Å². The third-order valence-electron chi connectivity index (χ3n) is 8.10. The number of aliphatic hydroxyl groups excluding tert-OH is 2. The fourth-order valence-electron chi connectivity index (χ4n) is 6.25. The molecule has 0 saturated heterocycles. The van der Waals surface area contributed by atoms with Crippen LogP contribution in [0.25, 0.3) is 16.9 Å². The maximum atomic E-state index is 13.8. The number of aromatic hydroxyl groups is 1. The van der Waals surface area contributed by atoms with Crippen molar-refractivity contribution in [3.63, 3.8) is 0 Å². The van der Waals surface area contributed by atoms with Gasteiger partial charge >= 0.3 is 5.97 Å². The molecule has 0 bridgehead atoms. The van der Waals surface area contributed by atoms with Crippen molar-refractivity contribution < 1.29 is 44.3 Å². The number of carbonyl (C=O) groups excluding carboxylic acids is 4. The summed E-state index contributed by atoms with van der Waals surface area (Å²) in [6.07, 6.45) is 0.0940. The van der Waals surface area contributed by atoms with Crippen LogP contribution in [-0.4, -0.2) is 56.6 Å². The van der Waals surface area contributed by atoms with Gasteiger partial charge in [-0.3, -0.25) is 14.4 Å². The number of nitrogen functional groups attached to an aromatic ring is 1. The number of fused-ring (bicyclic) bond motifs is 3. The topological polar surface area (TPSA) is 210 Å². The molecule has 2 aromatic carbocycles. The van der Waals surface area contributed by atoms with Crippen LogP contribution in [0.4, 0.5) is 5.69 Å². The van der Waals surface area contributed by atoms with E-state index < -0.39 is 63.9 Å². The Bertz CT molecular complexity index is 1570. The number of ketones is 2. The lowest BCUT2D eigenvalue weighted by Gasteiger charge is -2.48. The average molecular weight is 535 g/mol. The molecule has 3 aliphatic carbocycles. The van der Waals surface area contributed by atoms with Crippen molar-refractivity contribution in [3.05, 3.63) is 63.9 Å². The molecule has 1 fully saturated rings. The molecule has 0 spiro atoms. The van der Waals surface area contributed by atoms with Crippen molar-refractivity contribution in [2.45, 2.75) is 25.4 Å². The number of Topliss-reactive ketones (excluding diaryl/α,β-unsaturated/α-hetero) is 2. The van der Waals surface area contributed by atoms with Crippen LogP contribution < -0.4 is 11.5 Å². The van der Waals surface area contributed by atoms with Crippen molar-refractivity contribution in [1.82, 2.24) is 0 Å². The van der Waals surface area contributed by atoms with E-state index in [1.807, 2.05) is 0 Å². The van der Waals surface area contributed by atoms with Gasteiger partial charge in [-0.05, 0) is 59.7 Å². The zero-order chi connectivity index (χ0) is 28.5. The number of amides is 1. The highest BCUT2D eigenvalue weighted by molar-refractivity contribution is 6.23. The van der Waals surface area contributed by atoms with Crippen molar-refractivity contribution in [2.24, 2.45) is 23.5 Å². The highest BCUT2D eigenvalue weighted by atomic mass is 16.5. The van der Waals surface area contributed by atoms with E-state index in [2.05, 4.69) is 0 Å². The Balaban J connectivity index is 1.72. The minimum atomic E-state index is -2.66. The smallest absolute Gasteiger partial charge is 0.337 e. The van der Waals surface area contributed by atoms with Crippen LogP contribution in [0, 0.1) is 17.8 Å². The van der Waals surface area contributed by atoms with E-state index in [-0.39, 0.29) is 41.0 Å². The number of phenols is 1. The number of ether oxygens (including phenoxy) is 1. The fraction of sp³-hybridized carbons (Fsp3) is 0.286. The number of anilines is 1. The minimum absolute atomic E-state index is 0.0104. The number of hydrogen-bond acceptors (Lipinski definition) is 10. The molecular formula is C28H26N2O9. The first kappa shape index (κ1) is 26.0. The summed E-state index contributed by atoms with van der Waals surface area (Å²) in [5.74, 6) is -8.71. The third kappa shape index (κ3) is 3.53. The van der Waals surface area contributed by atoms with Gasteiger partial charge in [-0.2, -0.15) is 0 Å². The van der Waals surface area contributed by atoms with Crippen LogP contribution in [0.3, 0.4) is 0 Å². The van der Waals surface area contributed by atoms with Crippen molar-refractivity contribution in [3.8, 4) is 16.9 Å². The summed E-state index contributed by atoms with van der Waals surface area (Å²) in [4.78, 5) is 50.7. The summed E-state index contributed by atoms with van der Waals surface area (Å²) in [6, 6.07) is 7.49. The first-order valence-electron chi connectivity index (χ1n) is 12.1. The quantitative estimate of drug-likeness (QED) is 0.191. The summed E-state index contributed by atoms with van der Waals surface area (Å²) in [7, 11) is 1.23. The van der Waals surface area contributed by atoms with Gasteiger partial charge in [0.2, 0.25) is 5.78 Å². The predicted molar refractivity (Wildman–Crippen MR) is 137 cm³/mol. The molecule has 11 nitrogen and oxygen atoms in total. The zero-order valence-corrected chi connectivity index (χ0v) is 21.0. The lowest BCUT2D eigenvalue weighted by molar-refractivity contribution is -0.152. The molecule has 4 atom stereocenters. The van der Waals surface area contributed by atoms with E-state index >= 15 is 0 Å². The molecule has 0 heterocycles. The number of primary amides is 1. The van der Waals surface area contributed by atoms with Gasteiger partial charge in [-0.15, -0.1) is 0 Å². The van der Waals surface area contributed by atoms with Crippen LogP contribution in [0.15, 0.2) is 47.2 Å². The van der Waals surface area contributed by atoms with Crippen LogP contribution in [0.5, 0.6) is 5.75 Å². The van der Waals surface area contributed by atoms with Gasteiger partial charge in [0, 0.05) is 23.1 Å². The SMILES string of the molecule is COC(=O)c1cc(N)cc(-c2ccc(O)c3c2C[C@H]2C[C@H]4[C@H](C)C(=O)C(C(N)=O)=C(O)[C@@]4(O)C(=O)C2=C3O)c1. The van der Waals surface area contributed by atoms with Gasteiger partial charge in [0.25, 0.3) is 5.91 Å². The summed E-state index contributed by atoms with van der Waals surface area (Å²) < 4.78 is 4.80.